The number of amides is 1. The minimum absolute atomic E-state index is 0.183. The van der Waals surface area contributed by atoms with E-state index in [1.807, 2.05) is 41.5 Å². The SMILES string of the molecule is CCCC1(C(=O)OCC(C)C)CN(C(=O)OC(C)(C)C)C1. The Hall–Kier alpha value is -1.26. The topological polar surface area (TPSA) is 55.8 Å². The first-order chi connectivity index (χ1) is 9.59. The molecule has 0 bridgehead atoms. The Bertz CT molecular complexity index is 378. The first-order valence-corrected chi connectivity index (χ1v) is 7.75. The van der Waals surface area contributed by atoms with Gasteiger partial charge in [-0.15, -0.1) is 0 Å². The molecule has 122 valence electrons. The van der Waals surface area contributed by atoms with Crippen LogP contribution in [0.5, 0.6) is 0 Å². The molecule has 21 heavy (non-hydrogen) atoms. The van der Waals surface area contributed by atoms with Crippen molar-refractivity contribution < 1.29 is 19.1 Å². The summed E-state index contributed by atoms with van der Waals surface area (Å²) in [6, 6.07) is 0. The van der Waals surface area contributed by atoms with Crippen LogP contribution in [0.2, 0.25) is 0 Å². The molecular formula is C16H29NO4. The number of carbonyl (C=O) groups is 2. The summed E-state index contributed by atoms with van der Waals surface area (Å²) in [5.41, 5.74) is -1.06. The van der Waals surface area contributed by atoms with E-state index in [0.717, 1.165) is 12.8 Å². The second-order valence-corrected chi connectivity index (χ2v) is 7.36. The molecule has 0 aromatic rings. The average Bonchev–Trinajstić information content (AvgIpc) is 2.27. The van der Waals surface area contributed by atoms with Crippen LogP contribution in [0.15, 0.2) is 0 Å². The highest BCUT2D eigenvalue weighted by atomic mass is 16.6. The molecular weight excluding hydrogens is 270 g/mol. The smallest absolute Gasteiger partial charge is 0.410 e. The molecule has 0 atom stereocenters. The summed E-state index contributed by atoms with van der Waals surface area (Å²) in [5, 5.41) is 0. The van der Waals surface area contributed by atoms with Gasteiger partial charge in [0.2, 0.25) is 0 Å². The van der Waals surface area contributed by atoms with E-state index >= 15 is 0 Å². The zero-order valence-corrected chi connectivity index (χ0v) is 14.2. The molecule has 0 saturated carbocycles. The average molecular weight is 299 g/mol. The fourth-order valence-electron chi connectivity index (χ4n) is 2.40. The van der Waals surface area contributed by atoms with Gasteiger partial charge < -0.3 is 14.4 Å². The molecule has 0 N–H and O–H groups in total. The number of carbonyl (C=O) groups excluding carboxylic acids is 2. The minimum atomic E-state index is -0.541. The van der Waals surface area contributed by atoms with Crippen molar-refractivity contribution in [3.05, 3.63) is 0 Å². The molecule has 0 radical (unpaired) electrons. The maximum absolute atomic E-state index is 12.3. The van der Waals surface area contributed by atoms with Gasteiger partial charge in [-0.1, -0.05) is 27.2 Å². The van der Waals surface area contributed by atoms with Gasteiger partial charge in [-0.3, -0.25) is 4.79 Å². The lowest BCUT2D eigenvalue weighted by Crippen LogP contribution is -2.63. The molecule has 1 fully saturated rings. The molecule has 0 aromatic carbocycles. The van der Waals surface area contributed by atoms with Gasteiger partial charge in [-0.2, -0.15) is 0 Å². The van der Waals surface area contributed by atoms with Crippen LogP contribution >= 0.6 is 0 Å². The van der Waals surface area contributed by atoms with E-state index in [1.165, 1.54) is 0 Å². The van der Waals surface area contributed by atoms with Crippen LogP contribution in [0, 0.1) is 11.3 Å². The van der Waals surface area contributed by atoms with E-state index < -0.39 is 11.0 Å². The Morgan fingerprint density at radius 2 is 1.81 bits per heavy atom. The van der Waals surface area contributed by atoms with Crippen molar-refractivity contribution in [2.75, 3.05) is 19.7 Å². The van der Waals surface area contributed by atoms with Gasteiger partial charge in [-0.25, -0.2) is 4.79 Å². The molecule has 0 aliphatic carbocycles. The van der Waals surface area contributed by atoms with Gasteiger partial charge in [0.25, 0.3) is 0 Å². The highest BCUT2D eigenvalue weighted by molar-refractivity contribution is 5.82. The lowest BCUT2D eigenvalue weighted by atomic mass is 9.76. The predicted molar refractivity (Wildman–Crippen MR) is 80.9 cm³/mol. The van der Waals surface area contributed by atoms with Crippen LogP contribution in [0.4, 0.5) is 4.79 Å². The van der Waals surface area contributed by atoms with Crippen molar-refractivity contribution in [3.8, 4) is 0 Å². The Morgan fingerprint density at radius 3 is 2.24 bits per heavy atom. The number of ether oxygens (including phenoxy) is 2. The quantitative estimate of drug-likeness (QED) is 0.731. The highest BCUT2D eigenvalue weighted by Gasteiger charge is 2.52. The summed E-state index contributed by atoms with van der Waals surface area (Å²) in [6.07, 6.45) is 1.27. The third-order valence-corrected chi connectivity index (χ3v) is 3.35. The molecule has 5 nitrogen and oxygen atoms in total. The van der Waals surface area contributed by atoms with Crippen molar-refractivity contribution in [2.45, 2.75) is 60.0 Å². The van der Waals surface area contributed by atoms with E-state index in [0.29, 0.717) is 25.6 Å². The maximum Gasteiger partial charge on any atom is 0.410 e. The summed E-state index contributed by atoms with van der Waals surface area (Å²) in [4.78, 5) is 25.8. The molecule has 0 spiro atoms. The van der Waals surface area contributed by atoms with Crippen LogP contribution < -0.4 is 0 Å². The first-order valence-electron chi connectivity index (χ1n) is 7.75. The van der Waals surface area contributed by atoms with Crippen LogP contribution in [0.25, 0.3) is 0 Å². The summed E-state index contributed by atoms with van der Waals surface area (Å²) >= 11 is 0. The summed E-state index contributed by atoms with van der Waals surface area (Å²) in [7, 11) is 0. The van der Waals surface area contributed by atoms with Crippen molar-refractivity contribution in [1.29, 1.82) is 0 Å². The second kappa shape index (κ2) is 6.67. The Kier molecular flexibility index (Phi) is 5.65. The monoisotopic (exact) mass is 299 g/mol. The van der Waals surface area contributed by atoms with Gasteiger partial charge in [0.1, 0.15) is 11.0 Å². The molecule has 1 heterocycles. The second-order valence-electron chi connectivity index (χ2n) is 7.36. The van der Waals surface area contributed by atoms with Crippen molar-refractivity contribution in [1.82, 2.24) is 4.90 Å². The van der Waals surface area contributed by atoms with E-state index in [2.05, 4.69) is 0 Å². The molecule has 1 aliphatic rings. The zero-order valence-electron chi connectivity index (χ0n) is 14.2. The van der Waals surface area contributed by atoms with Crippen molar-refractivity contribution >= 4 is 12.1 Å². The highest BCUT2D eigenvalue weighted by Crippen LogP contribution is 2.37. The molecule has 0 unspecified atom stereocenters. The molecule has 1 aliphatic heterocycles. The van der Waals surface area contributed by atoms with Gasteiger partial charge >= 0.3 is 12.1 Å². The number of hydrogen-bond acceptors (Lipinski definition) is 4. The summed E-state index contributed by atoms with van der Waals surface area (Å²) in [5.74, 6) is 0.132. The number of likely N-dealkylation sites (tertiary alicyclic amines) is 1. The number of hydrogen-bond donors (Lipinski definition) is 0. The Balaban J connectivity index is 2.59. The van der Waals surface area contributed by atoms with E-state index in [9.17, 15) is 9.59 Å². The molecule has 1 amide bonds. The summed E-state index contributed by atoms with van der Waals surface area (Å²) < 4.78 is 10.7. The normalized spacial score (nSPS) is 17.4. The minimum Gasteiger partial charge on any atom is -0.465 e. The molecule has 1 saturated heterocycles. The number of nitrogens with zero attached hydrogens (tertiary/aromatic N) is 1. The Labute approximate surface area is 128 Å². The molecule has 1 rings (SSSR count). The van der Waals surface area contributed by atoms with Crippen LogP contribution in [-0.4, -0.2) is 42.3 Å². The van der Waals surface area contributed by atoms with Gasteiger partial charge in [0, 0.05) is 13.1 Å². The zero-order chi connectivity index (χ0) is 16.3. The van der Waals surface area contributed by atoms with E-state index in [1.54, 1.807) is 4.90 Å². The number of esters is 1. The number of rotatable bonds is 5. The lowest BCUT2D eigenvalue weighted by Gasteiger charge is -2.47. The van der Waals surface area contributed by atoms with Gasteiger partial charge in [-0.05, 0) is 33.1 Å². The van der Waals surface area contributed by atoms with E-state index in [4.69, 9.17) is 9.47 Å². The van der Waals surface area contributed by atoms with Gasteiger partial charge in [0.05, 0.1) is 6.61 Å². The fourth-order valence-corrected chi connectivity index (χ4v) is 2.40. The predicted octanol–water partition coefficient (Wildman–Crippen LogP) is 3.22. The summed E-state index contributed by atoms with van der Waals surface area (Å²) in [6.45, 7) is 12.8. The largest absolute Gasteiger partial charge is 0.465 e. The van der Waals surface area contributed by atoms with Gasteiger partial charge in [0.15, 0.2) is 0 Å². The standard InChI is InChI=1S/C16H29NO4/c1-7-8-16(13(18)20-9-12(2)3)10-17(11-16)14(19)21-15(4,5)6/h12H,7-11H2,1-6H3. The Morgan fingerprint density at radius 1 is 1.24 bits per heavy atom. The maximum atomic E-state index is 12.3. The lowest BCUT2D eigenvalue weighted by molar-refractivity contribution is -0.168. The van der Waals surface area contributed by atoms with E-state index in [-0.39, 0.29) is 12.1 Å². The van der Waals surface area contributed by atoms with Crippen LogP contribution in [0.1, 0.15) is 54.4 Å². The third-order valence-electron chi connectivity index (χ3n) is 3.35. The van der Waals surface area contributed by atoms with Crippen molar-refractivity contribution in [2.24, 2.45) is 11.3 Å². The third kappa shape index (κ3) is 4.90. The van der Waals surface area contributed by atoms with Crippen LogP contribution in [0.3, 0.4) is 0 Å². The van der Waals surface area contributed by atoms with Crippen molar-refractivity contribution in [3.63, 3.8) is 0 Å². The first kappa shape index (κ1) is 17.8. The molecule has 0 aromatic heterocycles. The molecule has 5 heteroatoms. The van der Waals surface area contributed by atoms with Crippen LogP contribution in [-0.2, 0) is 14.3 Å². The fraction of sp³-hybridized carbons (Fsp3) is 0.875.